The zero-order valence-electron chi connectivity index (χ0n) is 43.0. The van der Waals surface area contributed by atoms with Gasteiger partial charge in [-0.25, -0.2) is 28.3 Å². The predicted molar refractivity (Wildman–Crippen MR) is 332 cm³/mol. The highest BCUT2D eigenvalue weighted by Gasteiger charge is 2.43. The molecule has 5 N–H and O–H groups in total. The van der Waals surface area contributed by atoms with Crippen LogP contribution in [0.15, 0.2) is 134 Å². The molecule has 0 saturated heterocycles. The number of carbonyl (C=O) groups excluding carboxylic acids is 4. The van der Waals surface area contributed by atoms with Gasteiger partial charge >= 0.3 is 11.5 Å². The standard InChI is InChI=1S/C22H18FN3O4.C15H14FN3O2.C7H5ClO2.B19/c23-18-12-16(8-9-19(18)25-22(28)30-15-4-2-1-3-5-15)29-17-10-11-24-20(13-17)26-21(27)14-6-7-14;16-12-7-10(3-4-13(12)17)21-11-5-6-18-14(8-11)19-15(20)9-1-2-9;8-7(9)10-6-4-2-1-3-5-6;1-11-16(10)19(17(12(2)3)13(4)5)18(14(6)7)15(8)9/h1-5,8-14H,6-7H2,(H,25,28)(H,24,26,27);3-9H,1-2,17H2,(H,18,19,20);1-5H;. The van der Waals surface area contributed by atoms with E-state index in [2.05, 4.69) is 30.7 Å². The van der Waals surface area contributed by atoms with E-state index in [0.717, 1.165) is 31.7 Å². The molecule has 2 fully saturated rings. The van der Waals surface area contributed by atoms with Gasteiger partial charge < -0.3 is 35.3 Å². The van der Waals surface area contributed by atoms with Crippen molar-refractivity contribution >= 4 is 193 Å². The van der Waals surface area contributed by atoms with Crippen LogP contribution in [0.5, 0.6) is 34.5 Å². The summed E-state index contributed by atoms with van der Waals surface area (Å²) in [6.45, 7) is 0. The molecule has 0 aliphatic heterocycles. The summed E-state index contributed by atoms with van der Waals surface area (Å²) in [5, 5.41) is 7.80. The highest BCUT2D eigenvalue weighted by atomic mass is 35.5. The van der Waals surface area contributed by atoms with Crippen LogP contribution in [0.2, 0.25) is 0 Å². The fraction of sp³-hybridized carbons (Fsp3) is 0.136. The van der Waals surface area contributed by atoms with Crippen molar-refractivity contribution in [2.24, 2.45) is 11.8 Å². The SMILES string of the molecule is Nc1ccc(Oc2ccnc(NC(=O)C3CC3)c2)cc1F.O=C(Cl)Oc1ccccc1.O=C(Nc1ccc(Oc2ccnc(NC(=O)C3CC3)c2)cc1F)Oc1ccccc1.[B][B]B([B])B(B(B([B])[B])B([B])[B])B(B([B])[B])B([B])[B]. The van der Waals surface area contributed by atoms with Gasteiger partial charge in [-0.2, -0.15) is 0 Å². The number of para-hydroxylation sites is 2. The van der Waals surface area contributed by atoms with Crippen LogP contribution in [0.4, 0.5) is 41.4 Å². The molecule has 80 heavy (non-hydrogen) atoms. The average molecular weight is 1060 g/mol. The zero-order valence-corrected chi connectivity index (χ0v) is 43.8. The van der Waals surface area contributed by atoms with Gasteiger partial charge in [0.2, 0.25) is 11.8 Å². The summed E-state index contributed by atoms with van der Waals surface area (Å²) < 4.78 is 48.5. The zero-order chi connectivity index (χ0) is 58.5. The molecule has 2 aromatic heterocycles. The summed E-state index contributed by atoms with van der Waals surface area (Å²) in [4.78, 5) is 53.7. The van der Waals surface area contributed by atoms with E-state index in [0.29, 0.717) is 40.4 Å². The summed E-state index contributed by atoms with van der Waals surface area (Å²) in [5.41, 5.74) is 4.61. The van der Waals surface area contributed by atoms with E-state index in [1.807, 2.05) is 6.07 Å². The van der Waals surface area contributed by atoms with E-state index in [1.165, 1.54) is 43.7 Å². The molecule has 2 aliphatic rings. The Labute approximate surface area is 486 Å². The molecule has 0 spiro atoms. The number of nitrogens with one attached hydrogen (secondary N) is 3. The van der Waals surface area contributed by atoms with Gasteiger partial charge in [0.1, 0.15) is 52.0 Å². The van der Waals surface area contributed by atoms with Crippen LogP contribution in [0.25, 0.3) is 0 Å². The smallest absolute Gasteiger partial charge is 0.417 e. The Balaban J connectivity index is 0.000000208. The minimum Gasteiger partial charge on any atom is -0.457 e. The molecule has 0 bridgehead atoms. The van der Waals surface area contributed by atoms with E-state index in [1.54, 1.807) is 84.9 Å². The lowest BCUT2D eigenvalue weighted by atomic mass is 8.40. The maximum absolute atomic E-state index is 14.4. The van der Waals surface area contributed by atoms with Crippen molar-refractivity contribution in [2.45, 2.75) is 25.7 Å². The van der Waals surface area contributed by atoms with E-state index >= 15 is 0 Å². The quantitative estimate of drug-likeness (QED) is 0.0530. The van der Waals surface area contributed by atoms with Crippen molar-refractivity contribution in [3.05, 3.63) is 145 Å². The summed E-state index contributed by atoms with van der Waals surface area (Å²) in [6, 6.07) is 31.7. The summed E-state index contributed by atoms with van der Waals surface area (Å²) in [5.74, 6) is 1.82. The van der Waals surface area contributed by atoms with Crippen LogP contribution in [-0.4, -0.2) is 169 Å². The van der Waals surface area contributed by atoms with E-state index < -0.39 is 74.2 Å². The molecule has 2 aliphatic carbocycles. The summed E-state index contributed by atoms with van der Waals surface area (Å²) in [7, 11) is 58.4. The van der Waals surface area contributed by atoms with Crippen LogP contribution in [0.3, 0.4) is 0 Å². The van der Waals surface area contributed by atoms with Crippen molar-refractivity contribution in [3.63, 3.8) is 0 Å². The van der Waals surface area contributed by atoms with Crippen LogP contribution in [-0.2, 0) is 9.59 Å². The number of hydrogen-bond acceptors (Lipinski definition) is 11. The number of hydrogen-bond donors (Lipinski definition) is 4. The first-order valence-corrected chi connectivity index (χ1v) is 25.1. The third kappa shape index (κ3) is 21.9. The number of ether oxygens (including phenoxy) is 4. The maximum atomic E-state index is 14.4. The Morgan fingerprint density at radius 2 is 0.950 bits per heavy atom. The first-order valence-electron chi connectivity index (χ1n) is 24.7. The van der Waals surface area contributed by atoms with Gasteiger partial charge in [-0.1, -0.05) is 36.4 Å². The number of amides is 3. The molecular formula is C44H37B19ClF2N6O8. The molecule has 3 amide bonds. The molecule has 4 aromatic carbocycles. The molecule has 8 rings (SSSR count). The van der Waals surface area contributed by atoms with E-state index in [9.17, 15) is 28.0 Å². The monoisotopic (exact) mass is 1060 g/mol. The third-order valence-electron chi connectivity index (χ3n) is 11.7. The van der Waals surface area contributed by atoms with Gasteiger partial charge in [0.15, 0.2) is 5.82 Å². The second-order valence-corrected chi connectivity index (χ2v) is 18.4. The number of benzene rings is 4. The normalized spacial score (nSPS) is 11.6. The molecular weight excluding hydrogens is 1020 g/mol. The Hall–Kier alpha value is -6.36. The van der Waals surface area contributed by atoms with Gasteiger partial charge in [-0.3, -0.25) is 14.9 Å². The second-order valence-electron chi connectivity index (χ2n) is 18.1. The number of anilines is 4. The first kappa shape index (κ1) is 64.5. The fourth-order valence-electron chi connectivity index (χ4n) is 7.49. The van der Waals surface area contributed by atoms with E-state index in [-0.39, 0.29) is 40.8 Å². The van der Waals surface area contributed by atoms with Crippen LogP contribution < -0.4 is 40.6 Å². The number of aromatic nitrogens is 2. The highest BCUT2D eigenvalue weighted by molar-refractivity contribution is 8.18. The number of nitrogens with two attached hydrogens (primary N) is 1. The first-order chi connectivity index (χ1) is 38.1. The topological polar surface area (TPSA) is 193 Å². The van der Waals surface area contributed by atoms with E-state index in [4.69, 9.17) is 109 Å². The number of nitrogen functional groups attached to an aromatic ring is 1. The van der Waals surface area contributed by atoms with Crippen LogP contribution >= 0.6 is 11.6 Å². The summed E-state index contributed by atoms with van der Waals surface area (Å²) >= 11 is 4.95. The lowest BCUT2D eigenvalue weighted by molar-refractivity contribution is -0.118. The molecule has 21 radical (unpaired) electrons. The van der Waals surface area contributed by atoms with Crippen molar-refractivity contribution in [1.29, 1.82) is 0 Å². The second kappa shape index (κ2) is 32.2. The van der Waals surface area contributed by atoms with Crippen molar-refractivity contribution < 1.29 is 46.9 Å². The van der Waals surface area contributed by atoms with Crippen molar-refractivity contribution in [3.8, 4) is 34.5 Å². The molecule has 2 heterocycles. The minimum absolute atomic E-state index is 0.0295. The van der Waals surface area contributed by atoms with Gasteiger partial charge in [0, 0.05) is 196 Å². The number of pyridine rings is 2. The van der Waals surface area contributed by atoms with Crippen molar-refractivity contribution in [1.82, 2.24) is 9.97 Å². The lowest BCUT2D eigenvalue weighted by Gasteiger charge is -2.41. The maximum Gasteiger partial charge on any atom is 0.417 e. The van der Waals surface area contributed by atoms with Gasteiger partial charge in [-0.15, -0.1) is 0 Å². The Bertz CT molecular complexity index is 2940. The lowest BCUT2D eigenvalue weighted by Crippen LogP contribution is -2.79. The van der Waals surface area contributed by atoms with Gasteiger partial charge in [0.25, 0.3) is 0 Å². The molecule has 14 nitrogen and oxygen atoms in total. The van der Waals surface area contributed by atoms with Gasteiger partial charge in [-0.05, 0) is 86.3 Å². The highest BCUT2D eigenvalue weighted by Crippen LogP contribution is 2.32. The molecule has 36 heteroatoms. The van der Waals surface area contributed by atoms with Crippen molar-refractivity contribution in [2.75, 3.05) is 21.7 Å². The fourth-order valence-corrected chi connectivity index (χ4v) is 7.58. The third-order valence-corrected chi connectivity index (χ3v) is 11.8. The average Bonchev–Trinajstić information content (AvgIpc) is 4.37. The van der Waals surface area contributed by atoms with Gasteiger partial charge in [0.05, 0.1) is 11.4 Å². The molecule has 0 unspecified atom stereocenters. The molecule has 0 atom stereocenters. The number of carbonyl (C=O) groups is 4. The largest absolute Gasteiger partial charge is 0.457 e. The molecule has 2 saturated carbocycles. The summed E-state index contributed by atoms with van der Waals surface area (Å²) in [6.07, 6.45) is 0.106. The van der Waals surface area contributed by atoms with Crippen LogP contribution in [0.1, 0.15) is 25.7 Å². The van der Waals surface area contributed by atoms with Crippen LogP contribution in [0, 0.1) is 23.5 Å². The minimum atomic E-state index is -0.837. The predicted octanol–water partition coefficient (Wildman–Crippen LogP) is 3.11. The number of halogens is 3. The Morgan fingerprint density at radius 3 is 1.34 bits per heavy atom. The number of nitrogens with zero attached hydrogens (tertiary/aromatic N) is 2. The molecule has 6 aromatic rings. The molecule has 369 valence electrons. The Morgan fingerprint density at radius 1 is 0.537 bits per heavy atom. The Kier molecular flexibility index (Phi) is 25.9. The number of rotatable bonds is 19.